The molecule has 0 aliphatic heterocycles. The Balaban J connectivity index is 4.02. The molecule has 0 rings (SSSR count). The minimum atomic E-state index is 0.389. The molecule has 0 aromatic rings. The van der Waals surface area contributed by atoms with E-state index in [9.17, 15) is 0 Å². The summed E-state index contributed by atoms with van der Waals surface area (Å²) in [6.07, 6.45) is 29.7. The minimum Gasteiger partial charge on any atom is -0.353 e. The molecule has 1 nitrogen and oxygen atoms in total. The van der Waals surface area contributed by atoms with Gasteiger partial charge in [0.15, 0.2) is 0 Å². The first-order chi connectivity index (χ1) is 12.7. The van der Waals surface area contributed by atoms with Crippen LogP contribution in [0.15, 0.2) is 0 Å². The molecule has 158 valence electrons. The Hall–Kier alpha value is -0.0400. The maximum absolute atomic E-state index is 4.77. The van der Waals surface area contributed by atoms with Crippen LogP contribution in [0.5, 0.6) is 0 Å². The largest absolute Gasteiger partial charge is 0.353 e. The summed E-state index contributed by atoms with van der Waals surface area (Å²) in [7, 11) is 0. The van der Waals surface area contributed by atoms with Gasteiger partial charge in [-0.2, -0.15) is 0 Å². The molecule has 26 heavy (non-hydrogen) atoms. The van der Waals surface area contributed by atoms with Gasteiger partial charge in [0.05, 0.1) is 5.54 Å². The number of hydrogen-bond donors (Lipinski definition) is 1. The van der Waals surface area contributed by atoms with Crippen molar-refractivity contribution in [2.24, 2.45) is 0 Å². The lowest BCUT2D eigenvalue weighted by Gasteiger charge is -2.26. The van der Waals surface area contributed by atoms with Crippen LogP contribution in [0.4, 0.5) is 0 Å². The van der Waals surface area contributed by atoms with E-state index in [0.717, 1.165) is 0 Å². The van der Waals surface area contributed by atoms with Gasteiger partial charge in [0.25, 0.3) is 0 Å². The zero-order valence-corrected chi connectivity index (χ0v) is 19.1. The molecule has 0 aromatic carbocycles. The van der Waals surface area contributed by atoms with Crippen molar-refractivity contribution in [3.8, 4) is 0 Å². The lowest BCUT2D eigenvalue weighted by molar-refractivity contribution is -0.484. The lowest BCUT2D eigenvalue weighted by atomic mass is 9.82. The molecular weight excluding hydrogens is 314 g/mol. The summed E-state index contributed by atoms with van der Waals surface area (Å²) < 4.78 is 0. The van der Waals surface area contributed by atoms with Crippen LogP contribution < -0.4 is 5.73 Å². The average Bonchev–Trinajstić information content (AvgIpc) is 2.64. The maximum Gasteiger partial charge on any atom is 0.0945 e. The van der Waals surface area contributed by atoms with Crippen molar-refractivity contribution in [1.29, 1.82) is 0 Å². The molecule has 0 aromatic heterocycles. The summed E-state index contributed by atoms with van der Waals surface area (Å²) in [6.45, 7) is 6.92. The Morgan fingerprint density at radius 3 is 0.885 bits per heavy atom. The summed E-state index contributed by atoms with van der Waals surface area (Å²) in [5.74, 6) is 0. The average molecular weight is 369 g/mol. The molecule has 0 atom stereocenters. The van der Waals surface area contributed by atoms with Gasteiger partial charge < -0.3 is 5.73 Å². The highest BCUT2D eigenvalue weighted by molar-refractivity contribution is 4.77. The highest BCUT2D eigenvalue weighted by Crippen LogP contribution is 2.25. The predicted molar refractivity (Wildman–Crippen MR) is 120 cm³/mol. The highest BCUT2D eigenvalue weighted by Gasteiger charge is 2.27. The van der Waals surface area contributed by atoms with Crippen LogP contribution in [0.1, 0.15) is 156 Å². The first-order valence-corrected chi connectivity index (χ1v) is 12.5. The summed E-state index contributed by atoms with van der Waals surface area (Å²) in [6, 6.07) is 0. The van der Waals surface area contributed by atoms with E-state index in [0.29, 0.717) is 5.54 Å². The van der Waals surface area contributed by atoms with E-state index in [2.05, 4.69) is 20.8 Å². The molecule has 3 N–H and O–H groups in total. The first-order valence-electron chi connectivity index (χ1n) is 12.5. The van der Waals surface area contributed by atoms with E-state index in [1.807, 2.05) is 0 Å². The van der Waals surface area contributed by atoms with Crippen molar-refractivity contribution in [2.75, 3.05) is 0 Å². The van der Waals surface area contributed by atoms with Crippen molar-refractivity contribution in [2.45, 2.75) is 161 Å². The van der Waals surface area contributed by atoms with Crippen molar-refractivity contribution in [3.63, 3.8) is 0 Å². The van der Waals surface area contributed by atoms with Gasteiger partial charge in [0.2, 0.25) is 0 Å². The molecule has 0 aliphatic carbocycles. The quantitative estimate of drug-likeness (QED) is 0.198. The second kappa shape index (κ2) is 19.7. The van der Waals surface area contributed by atoms with Crippen LogP contribution >= 0.6 is 0 Å². The number of rotatable bonds is 21. The van der Waals surface area contributed by atoms with Gasteiger partial charge in [-0.25, -0.2) is 0 Å². The van der Waals surface area contributed by atoms with E-state index in [1.54, 1.807) is 0 Å². The molecule has 0 bridgehead atoms. The minimum absolute atomic E-state index is 0.389. The third-order valence-electron chi connectivity index (χ3n) is 6.18. The molecule has 0 unspecified atom stereocenters. The van der Waals surface area contributed by atoms with Crippen molar-refractivity contribution >= 4 is 0 Å². The highest BCUT2D eigenvalue weighted by atomic mass is 14.7. The fourth-order valence-electron chi connectivity index (χ4n) is 4.22. The molecule has 0 spiro atoms. The topological polar surface area (TPSA) is 27.6 Å². The molecule has 0 saturated carbocycles. The predicted octanol–water partition coefficient (Wildman–Crippen LogP) is 8.22. The Morgan fingerprint density at radius 2 is 0.615 bits per heavy atom. The maximum atomic E-state index is 4.77. The zero-order chi connectivity index (χ0) is 19.3. The molecule has 0 fully saturated rings. The van der Waals surface area contributed by atoms with Crippen LogP contribution in [0.25, 0.3) is 0 Å². The van der Waals surface area contributed by atoms with Crippen LogP contribution in [0.2, 0.25) is 0 Å². The van der Waals surface area contributed by atoms with Crippen LogP contribution in [-0.2, 0) is 0 Å². The van der Waals surface area contributed by atoms with E-state index in [4.69, 9.17) is 5.73 Å². The van der Waals surface area contributed by atoms with Crippen LogP contribution in [0.3, 0.4) is 0 Å². The van der Waals surface area contributed by atoms with Crippen LogP contribution in [-0.4, -0.2) is 5.54 Å². The molecule has 0 aliphatic rings. The fraction of sp³-hybridized carbons (Fsp3) is 1.00. The smallest absolute Gasteiger partial charge is 0.0945 e. The Morgan fingerprint density at radius 1 is 0.385 bits per heavy atom. The number of hydrogen-bond acceptors (Lipinski definition) is 0. The van der Waals surface area contributed by atoms with E-state index >= 15 is 0 Å². The van der Waals surface area contributed by atoms with Gasteiger partial charge in [0, 0.05) is 19.3 Å². The van der Waals surface area contributed by atoms with E-state index in [1.165, 1.54) is 135 Å². The molecule has 0 saturated heterocycles. The lowest BCUT2D eigenvalue weighted by Crippen LogP contribution is -2.72. The van der Waals surface area contributed by atoms with Crippen molar-refractivity contribution < 1.29 is 5.73 Å². The second-order valence-corrected chi connectivity index (χ2v) is 9.05. The monoisotopic (exact) mass is 368 g/mol. The third-order valence-corrected chi connectivity index (χ3v) is 6.18. The summed E-state index contributed by atoms with van der Waals surface area (Å²) in [5, 5.41) is 0. The van der Waals surface area contributed by atoms with Gasteiger partial charge in [-0.3, -0.25) is 0 Å². The number of quaternary nitrogens is 1. The Bertz CT molecular complexity index is 220. The summed E-state index contributed by atoms with van der Waals surface area (Å²) in [5.41, 5.74) is 5.16. The third kappa shape index (κ3) is 17.4. The van der Waals surface area contributed by atoms with Gasteiger partial charge in [-0.05, 0) is 19.3 Å². The summed E-state index contributed by atoms with van der Waals surface area (Å²) >= 11 is 0. The fourth-order valence-corrected chi connectivity index (χ4v) is 4.22. The molecule has 1 heteroatoms. The van der Waals surface area contributed by atoms with E-state index < -0.39 is 0 Å². The SMILES string of the molecule is CCCCCCCCC([NH3+])(CCCCCCCC)CCCCCCCC. The van der Waals surface area contributed by atoms with Gasteiger partial charge in [-0.15, -0.1) is 0 Å². The first kappa shape index (κ1) is 26.0. The zero-order valence-electron chi connectivity index (χ0n) is 19.1. The Labute approximate surface area is 167 Å². The summed E-state index contributed by atoms with van der Waals surface area (Å²) in [4.78, 5) is 0. The van der Waals surface area contributed by atoms with Gasteiger partial charge in [0.1, 0.15) is 0 Å². The van der Waals surface area contributed by atoms with Crippen molar-refractivity contribution in [3.05, 3.63) is 0 Å². The van der Waals surface area contributed by atoms with Crippen LogP contribution in [0, 0.1) is 0 Å². The standard InChI is InChI=1S/C25H53N/c1-4-7-10-13-16-19-22-25(26,23-20-17-14-11-8-5-2)24-21-18-15-12-9-6-3/h4-24,26H2,1-3H3/p+1. The van der Waals surface area contributed by atoms with E-state index in [-0.39, 0.29) is 0 Å². The molecular formula is C25H54N+. The Kier molecular flexibility index (Phi) is 19.7. The molecule has 0 amide bonds. The molecule has 0 heterocycles. The van der Waals surface area contributed by atoms with Gasteiger partial charge >= 0.3 is 0 Å². The normalized spacial score (nSPS) is 12.0. The molecule has 0 radical (unpaired) electrons. The number of unbranched alkanes of at least 4 members (excludes halogenated alkanes) is 15. The van der Waals surface area contributed by atoms with Gasteiger partial charge in [-0.1, -0.05) is 117 Å². The second-order valence-electron chi connectivity index (χ2n) is 9.05. The van der Waals surface area contributed by atoms with Crippen molar-refractivity contribution in [1.82, 2.24) is 0 Å².